The van der Waals surface area contributed by atoms with E-state index < -0.39 is 12.1 Å². The Labute approximate surface area is 356 Å². The highest BCUT2D eigenvalue weighted by Crippen LogP contribution is 2.40. The molecule has 2 saturated heterocycles. The maximum atomic E-state index is 14.4. The second-order valence-electron chi connectivity index (χ2n) is 17.1. The van der Waals surface area contributed by atoms with Crippen LogP contribution < -0.4 is 5.32 Å². The molecule has 0 unspecified atom stereocenters. The second kappa shape index (κ2) is 17.0. The molecule has 2 aliphatic heterocycles. The third-order valence-corrected chi connectivity index (χ3v) is 12.8. The molecule has 1 saturated carbocycles. The zero-order valence-corrected chi connectivity index (χ0v) is 35.1. The zero-order chi connectivity index (χ0) is 42.2. The lowest BCUT2D eigenvalue weighted by Crippen LogP contribution is -2.50. The Hall–Kier alpha value is -6.27. The fraction of sp³-hybridized carbons (Fsp3) is 0.367. The first-order valence-corrected chi connectivity index (χ1v) is 21.8. The van der Waals surface area contributed by atoms with E-state index in [1.54, 1.807) is 4.90 Å². The first-order valence-electron chi connectivity index (χ1n) is 21.8. The molecule has 314 valence electrons. The molecular weight excluding hydrogens is 765 g/mol. The molecule has 12 nitrogen and oxygen atoms in total. The van der Waals surface area contributed by atoms with E-state index in [0.717, 1.165) is 107 Å². The molecule has 4 aromatic carbocycles. The number of amides is 3. The number of likely N-dealkylation sites (N-methyl/N-ethyl adjacent to an activating group) is 1. The minimum atomic E-state index is -1.20. The molecule has 12 heteroatoms. The lowest BCUT2D eigenvalue weighted by Gasteiger charge is -2.35. The molecule has 3 aliphatic rings. The fourth-order valence-corrected chi connectivity index (χ4v) is 9.52. The first kappa shape index (κ1) is 40.2. The van der Waals surface area contributed by atoms with Crippen molar-refractivity contribution in [3.05, 3.63) is 121 Å². The number of H-pyrrole nitrogens is 2. The second-order valence-corrected chi connectivity index (χ2v) is 17.1. The number of carboxylic acid groups (broad SMARTS) is 1. The van der Waals surface area contributed by atoms with E-state index in [2.05, 4.69) is 110 Å². The molecule has 0 bridgehead atoms. The van der Waals surface area contributed by atoms with Gasteiger partial charge in [-0.3, -0.25) is 14.5 Å². The van der Waals surface area contributed by atoms with Gasteiger partial charge in [-0.1, -0.05) is 99.6 Å². The summed E-state index contributed by atoms with van der Waals surface area (Å²) in [6.07, 6.45) is 8.22. The number of carbonyl (C=O) groups is 3. The predicted octanol–water partition coefficient (Wildman–Crippen LogP) is 9.13. The number of likely N-dealkylation sites (tertiary alicyclic amines) is 2. The number of benzene rings is 4. The van der Waals surface area contributed by atoms with Crippen LogP contribution >= 0.6 is 0 Å². The average Bonchev–Trinajstić information content (AvgIpc) is 3.75. The van der Waals surface area contributed by atoms with Gasteiger partial charge in [0.25, 0.3) is 0 Å². The largest absolute Gasteiger partial charge is 0.465 e. The molecule has 4 heterocycles. The zero-order valence-electron chi connectivity index (χ0n) is 35.1. The molecule has 1 aliphatic carbocycles. The summed E-state index contributed by atoms with van der Waals surface area (Å²) in [6, 6.07) is 30.7. The highest BCUT2D eigenvalue weighted by molar-refractivity contribution is 5.91. The molecule has 2 aromatic heterocycles. The van der Waals surface area contributed by atoms with Crippen LogP contribution in [0, 0.1) is 5.92 Å². The number of hydrogen-bond donors (Lipinski definition) is 4. The van der Waals surface area contributed by atoms with Gasteiger partial charge in [0.15, 0.2) is 0 Å². The van der Waals surface area contributed by atoms with E-state index in [9.17, 15) is 19.5 Å². The van der Waals surface area contributed by atoms with Crippen molar-refractivity contribution in [2.75, 3.05) is 19.6 Å². The van der Waals surface area contributed by atoms with E-state index in [-0.39, 0.29) is 35.9 Å². The topological polar surface area (TPSA) is 151 Å². The van der Waals surface area contributed by atoms with E-state index in [0.29, 0.717) is 18.4 Å². The van der Waals surface area contributed by atoms with Crippen LogP contribution in [0.5, 0.6) is 0 Å². The Balaban J connectivity index is 0.879. The third-order valence-electron chi connectivity index (χ3n) is 12.8. The highest BCUT2D eigenvalue weighted by Gasteiger charge is 2.42. The highest BCUT2D eigenvalue weighted by atomic mass is 16.4. The fourth-order valence-electron chi connectivity index (χ4n) is 9.52. The number of nitrogens with one attached hydrogen (secondary N) is 3. The van der Waals surface area contributed by atoms with Gasteiger partial charge in [-0.2, -0.15) is 0 Å². The smallest absolute Gasteiger partial charge is 0.405 e. The van der Waals surface area contributed by atoms with E-state index in [4.69, 9.17) is 4.98 Å². The van der Waals surface area contributed by atoms with E-state index in [1.807, 2.05) is 44.4 Å². The number of hydrogen-bond acceptors (Lipinski definition) is 6. The number of nitrogens with zero attached hydrogens (tertiary/aromatic N) is 5. The number of fused-ring (bicyclic) bond motifs is 1. The van der Waals surface area contributed by atoms with Crippen LogP contribution in [-0.2, 0) is 9.59 Å². The summed E-state index contributed by atoms with van der Waals surface area (Å²) in [6.45, 7) is 7.98. The van der Waals surface area contributed by atoms with Gasteiger partial charge >= 0.3 is 6.09 Å². The average molecular weight is 819 g/mol. The van der Waals surface area contributed by atoms with Crippen LogP contribution in [0.25, 0.3) is 44.4 Å². The molecule has 3 fully saturated rings. The lowest BCUT2D eigenvalue weighted by atomic mass is 9.98. The Kier molecular flexibility index (Phi) is 11.2. The summed E-state index contributed by atoms with van der Waals surface area (Å²) in [5.41, 5.74) is 7.11. The van der Waals surface area contributed by atoms with Crippen molar-refractivity contribution in [1.29, 1.82) is 0 Å². The number of imidazole rings is 2. The van der Waals surface area contributed by atoms with Crippen LogP contribution in [0.4, 0.5) is 4.79 Å². The van der Waals surface area contributed by atoms with Gasteiger partial charge in [-0.05, 0) is 96.1 Å². The van der Waals surface area contributed by atoms with Crippen molar-refractivity contribution in [3.8, 4) is 33.6 Å². The number of carbonyl (C=O) groups excluding carboxylic acids is 2. The van der Waals surface area contributed by atoms with Crippen molar-refractivity contribution < 1.29 is 19.5 Å². The molecule has 6 aromatic rings. The lowest BCUT2D eigenvalue weighted by molar-refractivity contribution is -0.139. The molecule has 9 rings (SSSR count). The van der Waals surface area contributed by atoms with Crippen LogP contribution in [0.3, 0.4) is 0 Å². The number of aromatic amines is 2. The standard InChI is InChI=1S/C49H54N8O4/c1-4-55(38-22-23-38)44(33-10-6-5-7-11-33)48(59)57-25-9-13-42(57)46-50-28-39(52-46)32-16-14-31(15-17-32)34-18-19-36-27-37(21-20-35(36)26-34)40-29-51-45(53-40)41-12-8-24-56(41)47(58)43(30(2)3)54-49(60)61/h5-7,10-11,14-21,26-30,38,41-44,54H,4,8-9,12-13,22-25H2,1-3H3,(H,50,52)(H,51,53)(H,60,61)/t41-,42-,43-,44+/m0/s1. The predicted molar refractivity (Wildman–Crippen MR) is 236 cm³/mol. The van der Waals surface area contributed by atoms with Gasteiger partial charge in [0.05, 0.1) is 35.9 Å². The van der Waals surface area contributed by atoms with Crippen molar-refractivity contribution in [3.63, 3.8) is 0 Å². The molecule has 0 radical (unpaired) electrons. The quantitative estimate of drug-likeness (QED) is 0.0908. The molecule has 4 N–H and O–H groups in total. The van der Waals surface area contributed by atoms with Gasteiger partial charge < -0.3 is 30.2 Å². The maximum absolute atomic E-state index is 14.4. The molecule has 61 heavy (non-hydrogen) atoms. The van der Waals surface area contributed by atoms with E-state index >= 15 is 0 Å². The maximum Gasteiger partial charge on any atom is 0.405 e. The number of rotatable bonds is 13. The minimum absolute atomic E-state index is 0.0845. The molecular formula is C49H54N8O4. The van der Waals surface area contributed by atoms with Gasteiger partial charge in [-0.25, -0.2) is 14.8 Å². The van der Waals surface area contributed by atoms with Crippen molar-refractivity contribution in [2.24, 2.45) is 5.92 Å². The summed E-state index contributed by atoms with van der Waals surface area (Å²) >= 11 is 0. The Morgan fingerprint density at radius 3 is 1.84 bits per heavy atom. The monoisotopic (exact) mass is 818 g/mol. The summed E-state index contributed by atoms with van der Waals surface area (Å²) < 4.78 is 0. The normalized spacial score (nSPS) is 18.9. The summed E-state index contributed by atoms with van der Waals surface area (Å²) in [7, 11) is 0. The Morgan fingerprint density at radius 1 is 0.721 bits per heavy atom. The van der Waals surface area contributed by atoms with Crippen LogP contribution in [0.1, 0.15) is 94.6 Å². The molecule has 4 atom stereocenters. The van der Waals surface area contributed by atoms with Crippen LogP contribution in [0.15, 0.2) is 103 Å². The number of aromatic nitrogens is 4. The van der Waals surface area contributed by atoms with Crippen molar-refractivity contribution >= 4 is 28.7 Å². The van der Waals surface area contributed by atoms with Gasteiger partial charge in [0.1, 0.15) is 23.7 Å². The van der Waals surface area contributed by atoms with Crippen molar-refractivity contribution in [2.45, 2.75) is 89.5 Å². The molecule has 3 amide bonds. The third kappa shape index (κ3) is 8.16. The summed E-state index contributed by atoms with van der Waals surface area (Å²) in [4.78, 5) is 62.1. The Bertz CT molecular complexity index is 2530. The van der Waals surface area contributed by atoms with Gasteiger partial charge in [0.2, 0.25) is 11.8 Å². The SMILES string of the molecule is CCN(C1CC1)[C@@H](C(=O)N1CCC[C@H]1c1ncc(-c2ccc(-c3ccc4cc(-c5cnc([C@@H]6CCCN6C(=O)[C@@H](NC(=O)O)C(C)C)[nH]5)ccc4c3)cc2)[nH]1)c1ccccc1. The van der Waals surface area contributed by atoms with Crippen LogP contribution in [0.2, 0.25) is 0 Å². The summed E-state index contributed by atoms with van der Waals surface area (Å²) in [5, 5.41) is 14.0. The minimum Gasteiger partial charge on any atom is -0.465 e. The summed E-state index contributed by atoms with van der Waals surface area (Å²) in [5.74, 6) is 1.32. The van der Waals surface area contributed by atoms with Gasteiger partial charge in [0, 0.05) is 24.7 Å². The molecule has 0 spiro atoms. The van der Waals surface area contributed by atoms with Crippen molar-refractivity contribution in [1.82, 2.24) is 40.0 Å². The van der Waals surface area contributed by atoms with Gasteiger partial charge in [-0.15, -0.1) is 0 Å². The first-order chi connectivity index (χ1) is 29.7. The van der Waals surface area contributed by atoms with E-state index in [1.165, 1.54) is 0 Å². The Morgan fingerprint density at radius 2 is 1.26 bits per heavy atom. The van der Waals surface area contributed by atoms with Crippen LogP contribution in [-0.4, -0.2) is 89.4 Å².